The van der Waals surface area contributed by atoms with Crippen molar-refractivity contribution < 1.29 is 23.0 Å². The van der Waals surface area contributed by atoms with Gasteiger partial charge in [-0.15, -0.1) is 8.78 Å². The quantitative estimate of drug-likeness (QED) is 0.904. The van der Waals surface area contributed by atoms with Crippen LogP contribution in [0.5, 0.6) is 11.5 Å². The highest BCUT2D eigenvalue weighted by molar-refractivity contribution is 6.33. The molecular formula is C16H11ClF2N2O3. The summed E-state index contributed by atoms with van der Waals surface area (Å²) in [6.07, 6.45) is -0.383. The number of aromatic nitrogens is 1. The van der Waals surface area contributed by atoms with Gasteiger partial charge in [0.1, 0.15) is 5.82 Å². The molecule has 1 aliphatic carbocycles. The number of amides is 1. The Morgan fingerprint density at radius 3 is 2.58 bits per heavy atom. The van der Waals surface area contributed by atoms with Crippen LogP contribution in [0.1, 0.15) is 12.8 Å². The van der Waals surface area contributed by atoms with E-state index >= 15 is 0 Å². The van der Waals surface area contributed by atoms with E-state index in [2.05, 4.69) is 19.8 Å². The normalized spacial score (nSPS) is 17.6. The van der Waals surface area contributed by atoms with Crippen LogP contribution >= 0.6 is 11.6 Å². The summed E-state index contributed by atoms with van der Waals surface area (Å²) in [5.41, 5.74) is 1.08. The number of fused-ring (bicyclic) bond motifs is 1. The lowest BCUT2D eigenvalue weighted by Crippen LogP contribution is -2.25. The molecule has 4 rings (SSSR count). The van der Waals surface area contributed by atoms with Crippen LogP contribution in [0, 0.1) is 5.92 Å². The van der Waals surface area contributed by atoms with Gasteiger partial charge in [0.15, 0.2) is 11.5 Å². The molecule has 1 saturated carbocycles. The molecule has 1 aromatic heterocycles. The summed E-state index contributed by atoms with van der Waals surface area (Å²) >= 11 is 6.13. The lowest BCUT2D eigenvalue weighted by molar-refractivity contribution is -0.286. The number of carbonyl (C=O) groups is 1. The van der Waals surface area contributed by atoms with Crippen LogP contribution < -0.4 is 14.8 Å². The minimum absolute atomic E-state index is 0.0430. The molecule has 2 aromatic rings. The van der Waals surface area contributed by atoms with Gasteiger partial charge in [0, 0.05) is 29.3 Å². The third-order valence-electron chi connectivity index (χ3n) is 3.76. The molecule has 1 amide bonds. The molecule has 8 heteroatoms. The SMILES string of the molecule is O=C(Nc1ccc(-c2cc3c(cc2Cl)OC(F)(F)O3)cn1)C1CC1. The summed E-state index contributed by atoms with van der Waals surface area (Å²) in [6, 6.07) is 5.97. The maximum absolute atomic E-state index is 13.1. The number of pyridine rings is 1. The summed E-state index contributed by atoms with van der Waals surface area (Å²) in [5.74, 6) is 0.259. The third-order valence-corrected chi connectivity index (χ3v) is 4.08. The number of hydrogen-bond donors (Lipinski definition) is 1. The first-order valence-corrected chi connectivity index (χ1v) is 7.66. The number of rotatable bonds is 3. The Kier molecular flexibility index (Phi) is 3.35. The monoisotopic (exact) mass is 352 g/mol. The molecule has 124 valence electrons. The molecule has 1 aliphatic heterocycles. The predicted molar refractivity (Wildman–Crippen MR) is 82.2 cm³/mol. The topological polar surface area (TPSA) is 60.5 Å². The first kappa shape index (κ1) is 15.1. The van der Waals surface area contributed by atoms with E-state index in [9.17, 15) is 13.6 Å². The Labute approximate surface area is 140 Å². The number of halogens is 3. The Morgan fingerprint density at radius 2 is 1.96 bits per heavy atom. The minimum Gasteiger partial charge on any atom is -0.395 e. The molecule has 2 aliphatic rings. The van der Waals surface area contributed by atoms with Crippen LogP contribution in [0.25, 0.3) is 11.1 Å². The first-order chi connectivity index (χ1) is 11.4. The Morgan fingerprint density at radius 1 is 1.25 bits per heavy atom. The molecule has 1 N–H and O–H groups in total. The second-order valence-corrected chi connectivity index (χ2v) is 6.05. The highest BCUT2D eigenvalue weighted by Crippen LogP contribution is 2.46. The summed E-state index contributed by atoms with van der Waals surface area (Å²) in [4.78, 5) is 15.9. The smallest absolute Gasteiger partial charge is 0.395 e. The molecule has 1 fully saturated rings. The van der Waals surface area contributed by atoms with Gasteiger partial charge in [-0.2, -0.15) is 0 Å². The van der Waals surface area contributed by atoms with Crippen molar-refractivity contribution in [2.75, 3.05) is 5.32 Å². The van der Waals surface area contributed by atoms with Crippen LogP contribution in [-0.4, -0.2) is 17.2 Å². The van der Waals surface area contributed by atoms with Gasteiger partial charge in [-0.25, -0.2) is 4.98 Å². The van der Waals surface area contributed by atoms with E-state index in [4.69, 9.17) is 11.6 Å². The maximum atomic E-state index is 13.1. The van der Waals surface area contributed by atoms with Crippen molar-refractivity contribution in [3.05, 3.63) is 35.5 Å². The highest BCUT2D eigenvalue weighted by Gasteiger charge is 2.43. The fraction of sp³-hybridized carbons (Fsp3) is 0.250. The van der Waals surface area contributed by atoms with Gasteiger partial charge in [-0.3, -0.25) is 4.79 Å². The average molecular weight is 353 g/mol. The molecule has 5 nitrogen and oxygen atoms in total. The number of benzene rings is 1. The number of alkyl halides is 2. The summed E-state index contributed by atoms with van der Waals surface area (Å²) in [6.45, 7) is 0. The van der Waals surface area contributed by atoms with Crippen molar-refractivity contribution >= 4 is 23.3 Å². The molecule has 0 saturated heterocycles. The van der Waals surface area contributed by atoms with Gasteiger partial charge >= 0.3 is 6.29 Å². The van der Waals surface area contributed by atoms with E-state index in [1.807, 2.05) is 0 Å². The molecular weight excluding hydrogens is 342 g/mol. The molecule has 0 unspecified atom stereocenters. The van der Waals surface area contributed by atoms with Gasteiger partial charge in [-0.1, -0.05) is 11.6 Å². The lowest BCUT2D eigenvalue weighted by atomic mass is 10.1. The van der Waals surface area contributed by atoms with E-state index in [-0.39, 0.29) is 28.3 Å². The molecule has 0 atom stereocenters. The van der Waals surface area contributed by atoms with Crippen LogP contribution in [0.4, 0.5) is 14.6 Å². The minimum atomic E-state index is -3.69. The predicted octanol–water partition coefficient (Wildman–Crippen LogP) is 4.07. The second-order valence-electron chi connectivity index (χ2n) is 5.64. The molecule has 24 heavy (non-hydrogen) atoms. The van der Waals surface area contributed by atoms with Gasteiger partial charge in [0.25, 0.3) is 0 Å². The molecule has 2 heterocycles. The van der Waals surface area contributed by atoms with Gasteiger partial charge in [-0.05, 0) is 31.0 Å². The number of nitrogens with zero attached hydrogens (tertiary/aromatic N) is 1. The van der Waals surface area contributed by atoms with E-state index in [1.165, 1.54) is 18.3 Å². The van der Waals surface area contributed by atoms with Gasteiger partial charge < -0.3 is 14.8 Å². The van der Waals surface area contributed by atoms with Crippen molar-refractivity contribution in [1.82, 2.24) is 4.98 Å². The van der Waals surface area contributed by atoms with Crippen LogP contribution in [-0.2, 0) is 4.79 Å². The molecule has 0 spiro atoms. The summed E-state index contributed by atoms with van der Waals surface area (Å²) in [5, 5.41) is 2.95. The van der Waals surface area contributed by atoms with E-state index in [1.54, 1.807) is 12.1 Å². The first-order valence-electron chi connectivity index (χ1n) is 7.28. The zero-order chi connectivity index (χ0) is 16.9. The number of hydrogen-bond acceptors (Lipinski definition) is 4. The van der Waals surface area contributed by atoms with Crippen molar-refractivity contribution in [2.45, 2.75) is 19.1 Å². The van der Waals surface area contributed by atoms with Crippen LogP contribution in [0.3, 0.4) is 0 Å². The molecule has 1 aromatic carbocycles. The van der Waals surface area contributed by atoms with Crippen LogP contribution in [0.2, 0.25) is 5.02 Å². The van der Waals surface area contributed by atoms with E-state index in [0.29, 0.717) is 16.9 Å². The molecule has 0 radical (unpaired) electrons. The molecule has 0 bridgehead atoms. The third kappa shape index (κ3) is 2.87. The van der Waals surface area contributed by atoms with Crippen molar-refractivity contribution in [3.63, 3.8) is 0 Å². The Hall–Kier alpha value is -2.41. The van der Waals surface area contributed by atoms with E-state index < -0.39 is 6.29 Å². The second kappa shape index (κ2) is 5.31. The Bertz CT molecular complexity index is 823. The fourth-order valence-corrected chi connectivity index (χ4v) is 2.66. The fourth-order valence-electron chi connectivity index (χ4n) is 2.39. The number of ether oxygens (including phenoxy) is 2. The Balaban J connectivity index is 1.59. The van der Waals surface area contributed by atoms with Gasteiger partial charge in [0.05, 0.1) is 5.02 Å². The van der Waals surface area contributed by atoms with Crippen molar-refractivity contribution in [1.29, 1.82) is 0 Å². The highest BCUT2D eigenvalue weighted by atomic mass is 35.5. The zero-order valence-electron chi connectivity index (χ0n) is 12.2. The standard InChI is InChI=1S/C16H11ClF2N2O3/c17-11-6-13-12(23-16(18,19)24-13)5-10(11)9-3-4-14(20-7-9)21-15(22)8-1-2-8/h3-8H,1-2H2,(H,20,21,22). The summed E-state index contributed by atoms with van der Waals surface area (Å²) in [7, 11) is 0. The summed E-state index contributed by atoms with van der Waals surface area (Å²) < 4.78 is 35.0. The van der Waals surface area contributed by atoms with E-state index in [0.717, 1.165) is 12.8 Å². The van der Waals surface area contributed by atoms with Gasteiger partial charge in [0.2, 0.25) is 5.91 Å². The van der Waals surface area contributed by atoms with Crippen LogP contribution in [0.15, 0.2) is 30.5 Å². The number of carbonyl (C=O) groups excluding carboxylic acids is 1. The maximum Gasteiger partial charge on any atom is 0.586 e. The number of nitrogens with one attached hydrogen (secondary N) is 1. The van der Waals surface area contributed by atoms with Crippen molar-refractivity contribution in [2.24, 2.45) is 5.92 Å². The van der Waals surface area contributed by atoms with Crippen molar-refractivity contribution in [3.8, 4) is 22.6 Å². The largest absolute Gasteiger partial charge is 0.586 e. The average Bonchev–Trinajstić information content (AvgIpc) is 3.31. The number of anilines is 1. The lowest BCUT2D eigenvalue weighted by Gasteiger charge is -2.07. The zero-order valence-corrected chi connectivity index (χ0v) is 12.9.